The zero-order valence-corrected chi connectivity index (χ0v) is 13.4. The fourth-order valence-corrected chi connectivity index (χ4v) is 2.09. The minimum absolute atomic E-state index is 0.212. The molecule has 23 heavy (non-hydrogen) atoms. The fourth-order valence-electron chi connectivity index (χ4n) is 2.09. The third kappa shape index (κ3) is 5.64. The smallest absolute Gasteiger partial charge is 0.317 e. The fraction of sp³-hybridized carbons (Fsp3) is 0.278. The number of amides is 2. The molecule has 1 atom stereocenters. The van der Waals surface area contributed by atoms with Crippen LogP contribution < -0.4 is 10.1 Å². The number of para-hydroxylation sites is 1. The van der Waals surface area contributed by atoms with Crippen LogP contribution in [0.4, 0.5) is 4.79 Å². The average Bonchev–Trinajstić information content (AvgIpc) is 2.54. The maximum atomic E-state index is 11.8. The van der Waals surface area contributed by atoms with Crippen molar-refractivity contribution in [1.82, 2.24) is 10.2 Å². The number of aliphatic hydroxyl groups is 1. The molecule has 2 amide bonds. The van der Waals surface area contributed by atoms with E-state index in [1.165, 1.54) is 4.90 Å². The lowest BCUT2D eigenvalue weighted by Crippen LogP contribution is -2.40. The monoisotopic (exact) mass is 314 g/mol. The molecule has 0 aliphatic rings. The van der Waals surface area contributed by atoms with Gasteiger partial charge in [0.25, 0.3) is 0 Å². The molecule has 122 valence electrons. The van der Waals surface area contributed by atoms with Crippen LogP contribution in [0.2, 0.25) is 0 Å². The molecule has 0 fully saturated rings. The summed E-state index contributed by atoms with van der Waals surface area (Å²) >= 11 is 0. The number of nitrogens with one attached hydrogen (secondary N) is 1. The van der Waals surface area contributed by atoms with Crippen LogP contribution in [0.15, 0.2) is 54.6 Å². The largest absolute Gasteiger partial charge is 0.457 e. The average molecular weight is 314 g/mol. The number of hydrogen-bond donors (Lipinski definition) is 2. The van der Waals surface area contributed by atoms with Gasteiger partial charge in [0, 0.05) is 20.1 Å². The van der Waals surface area contributed by atoms with E-state index in [0.717, 1.165) is 17.1 Å². The van der Waals surface area contributed by atoms with Gasteiger partial charge in [0.05, 0.1) is 6.10 Å². The van der Waals surface area contributed by atoms with Gasteiger partial charge in [0.2, 0.25) is 0 Å². The molecule has 2 rings (SSSR count). The molecule has 0 bridgehead atoms. The van der Waals surface area contributed by atoms with Crippen LogP contribution in [0.1, 0.15) is 12.5 Å². The molecule has 0 aliphatic heterocycles. The van der Waals surface area contributed by atoms with E-state index < -0.39 is 6.10 Å². The molecule has 2 aromatic carbocycles. The molecule has 0 saturated carbocycles. The van der Waals surface area contributed by atoms with E-state index in [-0.39, 0.29) is 6.03 Å². The zero-order valence-electron chi connectivity index (χ0n) is 13.4. The number of likely N-dealkylation sites (N-methyl/N-ethyl adjacent to an activating group) is 1. The van der Waals surface area contributed by atoms with E-state index in [4.69, 9.17) is 4.74 Å². The normalized spacial score (nSPS) is 11.6. The van der Waals surface area contributed by atoms with Crippen molar-refractivity contribution in [2.24, 2.45) is 0 Å². The molecular weight excluding hydrogens is 292 g/mol. The third-order valence-electron chi connectivity index (χ3n) is 3.23. The zero-order chi connectivity index (χ0) is 16.7. The number of rotatable bonds is 6. The minimum atomic E-state index is -0.542. The van der Waals surface area contributed by atoms with Crippen LogP contribution in [0.5, 0.6) is 11.5 Å². The standard InChI is InChI=1S/C18H22N2O3/c1-14(21)13-20(2)18(22)19-12-15-8-10-17(11-9-15)23-16-6-4-3-5-7-16/h3-11,14,21H,12-13H2,1-2H3,(H,19,22). The number of nitrogens with zero attached hydrogens (tertiary/aromatic N) is 1. The van der Waals surface area contributed by atoms with Crippen molar-refractivity contribution in [3.63, 3.8) is 0 Å². The second-order valence-electron chi connectivity index (χ2n) is 5.45. The number of carbonyl (C=O) groups is 1. The van der Waals surface area contributed by atoms with Crippen LogP contribution in [0, 0.1) is 0 Å². The summed E-state index contributed by atoms with van der Waals surface area (Å²) in [5.41, 5.74) is 0.976. The second kappa shape index (κ2) is 8.19. The van der Waals surface area contributed by atoms with Gasteiger partial charge in [0.15, 0.2) is 0 Å². The highest BCUT2D eigenvalue weighted by Gasteiger charge is 2.10. The summed E-state index contributed by atoms with van der Waals surface area (Å²) < 4.78 is 5.72. The van der Waals surface area contributed by atoms with E-state index in [1.54, 1.807) is 14.0 Å². The van der Waals surface area contributed by atoms with E-state index in [1.807, 2.05) is 54.6 Å². The first-order chi connectivity index (χ1) is 11.0. The molecule has 5 nitrogen and oxygen atoms in total. The molecule has 0 aliphatic carbocycles. The Hall–Kier alpha value is -2.53. The Kier molecular flexibility index (Phi) is 6.00. The summed E-state index contributed by atoms with van der Waals surface area (Å²) in [6.45, 7) is 2.37. The molecule has 5 heteroatoms. The number of urea groups is 1. The van der Waals surface area contributed by atoms with Gasteiger partial charge in [-0.3, -0.25) is 0 Å². The Morgan fingerprint density at radius 3 is 2.35 bits per heavy atom. The highest BCUT2D eigenvalue weighted by Crippen LogP contribution is 2.21. The van der Waals surface area contributed by atoms with Gasteiger partial charge in [-0.2, -0.15) is 0 Å². The van der Waals surface area contributed by atoms with Crippen LogP contribution >= 0.6 is 0 Å². The van der Waals surface area contributed by atoms with Crippen LogP contribution in [0.3, 0.4) is 0 Å². The Morgan fingerprint density at radius 2 is 1.74 bits per heavy atom. The summed E-state index contributed by atoms with van der Waals surface area (Å²) in [6.07, 6.45) is -0.542. The maximum absolute atomic E-state index is 11.8. The molecule has 0 radical (unpaired) electrons. The molecule has 0 spiro atoms. The van der Waals surface area contributed by atoms with Crippen molar-refractivity contribution in [3.8, 4) is 11.5 Å². The third-order valence-corrected chi connectivity index (χ3v) is 3.23. The van der Waals surface area contributed by atoms with Gasteiger partial charge in [-0.15, -0.1) is 0 Å². The number of carbonyl (C=O) groups excluding carboxylic acids is 1. The van der Waals surface area contributed by atoms with Crippen molar-refractivity contribution < 1.29 is 14.6 Å². The lowest BCUT2D eigenvalue weighted by molar-refractivity contribution is 0.143. The number of hydrogen-bond acceptors (Lipinski definition) is 3. The van der Waals surface area contributed by atoms with E-state index in [0.29, 0.717) is 13.1 Å². The van der Waals surface area contributed by atoms with Gasteiger partial charge in [-0.25, -0.2) is 4.79 Å². The predicted molar refractivity (Wildman–Crippen MR) is 89.5 cm³/mol. The van der Waals surface area contributed by atoms with Crippen LogP contribution in [-0.2, 0) is 6.54 Å². The van der Waals surface area contributed by atoms with Crippen LogP contribution in [0.25, 0.3) is 0 Å². The SMILES string of the molecule is CC(O)CN(C)C(=O)NCc1ccc(Oc2ccccc2)cc1. The molecule has 1 unspecified atom stereocenters. The second-order valence-corrected chi connectivity index (χ2v) is 5.45. The van der Waals surface area contributed by atoms with E-state index in [9.17, 15) is 9.90 Å². The first kappa shape index (κ1) is 16.8. The molecule has 2 N–H and O–H groups in total. The number of benzene rings is 2. The summed E-state index contributed by atoms with van der Waals surface area (Å²) in [7, 11) is 1.65. The maximum Gasteiger partial charge on any atom is 0.317 e. The van der Waals surface area contributed by atoms with Crippen molar-refractivity contribution >= 4 is 6.03 Å². The van der Waals surface area contributed by atoms with Crippen molar-refractivity contribution in [2.75, 3.05) is 13.6 Å². The molecule has 0 saturated heterocycles. The summed E-state index contributed by atoms with van der Waals surface area (Å²) in [4.78, 5) is 13.3. The topological polar surface area (TPSA) is 61.8 Å². The Balaban J connectivity index is 1.84. The first-order valence-electron chi connectivity index (χ1n) is 7.53. The Bertz CT molecular complexity index is 612. The molecular formula is C18H22N2O3. The summed E-state index contributed by atoms with van der Waals surface area (Å²) in [5.74, 6) is 1.53. The van der Waals surface area contributed by atoms with Gasteiger partial charge in [-0.05, 0) is 36.8 Å². The van der Waals surface area contributed by atoms with Crippen molar-refractivity contribution in [2.45, 2.75) is 19.6 Å². The highest BCUT2D eigenvalue weighted by molar-refractivity contribution is 5.73. The molecule has 0 heterocycles. The van der Waals surface area contributed by atoms with E-state index in [2.05, 4.69) is 5.32 Å². The van der Waals surface area contributed by atoms with E-state index >= 15 is 0 Å². The number of aliphatic hydroxyl groups excluding tert-OH is 1. The summed E-state index contributed by atoms with van der Waals surface area (Å²) in [6, 6.07) is 16.9. The van der Waals surface area contributed by atoms with Crippen molar-refractivity contribution in [1.29, 1.82) is 0 Å². The van der Waals surface area contributed by atoms with Crippen LogP contribution in [-0.4, -0.2) is 35.7 Å². The Labute approximate surface area is 136 Å². The lowest BCUT2D eigenvalue weighted by atomic mass is 10.2. The lowest BCUT2D eigenvalue weighted by Gasteiger charge is -2.19. The van der Waals surface area contributed by atoms with Gasteiger partial charge in [0.1, 0.15) is 11.5 Å². The predicted octanol–water partition coefficient (Wildman–Crippen LogP) is 3.00. The Morgan fingerprint density at radius 1 is 1.13 bits per heavy atom. The minimum Gasteiger partial charge on any atom is -0.457 e. The first-order valence-corrected chi connectivity index (χ1v) is 7.53. The highest BCUT2D eigenvalue weighted by atomic mass is 16.5. The number of ether oxygens (including phenoxy) is 1. The van der Waals surface area contributed by atoms with Gasteiger partial charge >= 0.3 is 6.03 Å². The molecule has 2 aromatic rings. The molecule has 0 aromatic heterocycles. The van der Waals surface area contributed by atoms with Gasteiger partial charge < -0.3 is 20.1 Å². The summed E-state index contributed by atoms with van der Waals surface area (Å²) in [5, 5.41) is 12.1. The van der Waals surface area contributed by atoms with Crippen molar-refractivity contribution in [3.05, 3.63) is 60.2 Å². The van der Waals surface area contributed by atoms with Gasteiger partial charge in [-0.1, -0.05) is 30.3 Å². The quantitative estimate of drug-likeness (QED) is 0.861.